The van der Waals surface area contributed by atoms with E-state index in [-0.39, 0.29) is 5.56 Å². The maximum absolute atomic E-state index is 12.1. The van der Waals surface area contributed by atoms with E-state index < -0.39 is 5.60 Å². The summed E-state index contributed by atoms with van der Waals surface area (Å²) >= 11 is 0. The first-order valence-electron chi connectivity index (χ1n) is 7.07. The van der Waals surface area contributed by atoms with Crippen LogP contribution in [0.25, 0.3) is 0 Å². The van der Waals surface area contributed by atoms with Crippen LogP contribution < -0.4 is 11.3 Å². The molecule has 0 saturated carbocycles. The van der Waals surface area contributed by atoms with E-state index in [4.69, 9.17) is 10.5 Å². The molecule has 0 aliphatic heterocycles. The van der Waals surface area contributed by atoms with Crippen LogP contribution >= 0.6 is 0 Å². The van der Waals surface area contributed by atoms with Crippen LogP contribution in [0.15, 0.2) is 4.79 Å². The molecule has 19 heavy (non-hydrogen) atoms. The zero-order valence-corrected chi connectivity index (χ0v) is 12.4. The average molecular weight is 267 g/mol. The van der Waals surface area contributed by atoms with Gasteiger partial charge in [0.1, 0.15) is 17.2 Å². The quantitative estimate of drug-likeness (QED) is 0.794. The highest BCUT2D eigenvalue weighted by atomic mass is 16.5. The van der Waals surface area contributed by atoms with Crippen LogP contribution in [0.1, 0.15) is 58.3 Å². The van der Waals surface area contributed by atoms with Crippen LogP contribution in [0.3, 0.4) is 0 Å². The number of aromatic nitrogens is 2. The van der Waals surface area contributed by atoms with Gasteiger partial charge in [-0.2, -0.15) is 0 Å². The first-order chi connectivity index (χ1) is 9.04. The van der Waals surface area contributed by atoms with Crippen LogP contribution in [-0.2, 0) is 16.8 Å². The summed E-state index contributed by atoms with van der Waals surface area (Å²) in [6.45, 7) is 8.56. The van der Waals surface area contributed by atoms with Crippen molar-refractivity contribution < 1.29 is 4.74 Å². The molecule has 3 N–H and O–H groups in total. The molecule has 0 saturated heterocycles. The molecule has 0 atom stereocenters. The van der Waals surface area contributed by atoms with Crippen LogP contribution in [0.4, 0.5) is 5.82 Å². The van der Waals surface area contributed by atoms with E-state index in [2.05, 4.69) is 9.97 Å². The minimum absolute atomic E-state index is 0.143. The third-order valence-corrected chi connectivity index (χ3v) is 3.54. The van der Waals surface area contributed by atoms with Gasteiger partial charge in [0.05, 0.1) is 5.56 Å². The number of nitrogens with zero attached hydrogens (tertiary/aromatic N) is 1. The van der Waals surface area contributed by atoms with E-state index in [0.29, 0.717) is 30.2 Å². The van der Waals surface area contributed by atoms with Gasteiger partial charge in [-0.1, -0.05) is 27.2 Å². The molecular formula is C14H25N3O2. The van der Waals surface area contributed by atoms with E-state index in [0.717, 1.165) is 19.3 Å². The number of nitrogens with one attached hydrogen (secondary N) is 1. The number of aromatic amines is 1. The van der Waals surface area contributed by atoms with Gasteiger partial charge < -0.3 is 15.5 Å². The lowest BCUT2D eigenvalue weighted by Crippen LogP contribution is -2.34. The van der Waals surface area contributed by atoms with E-state index in [9.17, 15) is 4.79 Å². The molecule has 0 aliphatic rings. The monoisotopic (exact) mass is 267 g/mol. The molecular weight excluding hydrogens is 242 g/mol. The van der Waals surface area contributed by atoms with E-state index in [1.54, 1.807) is 0 Å². The van der Waals surface area contributed by atoms with Gasteiger partial charge in [0, 0.05) is 6.61 Å². The predicted molar refractivity (Wildman–Crippen MR) is 77.2 cm³/mol. The molecule has 0 unspecified atom stereocenters. The first-order valence-corrected chi connectivity index (χ1v) is 7.07. The van der Waals surface area contributed by atoms with Gasteiger partial charge >= 0.3 is 0 Å². The standard InChI is InChI=1S/C14H25N3O2/c1-5-9-10-11(15)16-13(17-12(10)18)14(6-2,7-3)19-8-4/h5-9H2,1-4H3,(H3,15,16,17,18). The molecule has 0 amide bonds. The molecule has 0 spiro atoms. The normalized spacial score (nSPS) is 11.8. The van der Waals surface area contributed by atoms with Crippen molar-refractivity contribution in [1.29, 1.82) is 0 Å². The summed E-state index contributed by atoms with van der Waals surface area (Å²) in [5, 5.41) is 0. The molecule has 5 heteroatoms. The Morgan fingerprint density at radius 2 is 1.89 bits per heavy atom. The molecule has 108 valence electrons. The highest BCUT2D eigenvalue weighted by Crippen LogP contribution is 2.30. The van der Waals surface area contributed by atoms with Crippen LogP contribution in [0.5, 0.6) is 0 Å². The number of hydrogen-bond acceptors (Lipinski definition) is 4. The topological polar surface area (TPSA) is 81.0 Å². The van der Waals surface area contributed by atoms with Crippen molar-refractivity contribution in [3.63, 3.8) is 0 Å². The fraction of sp³-hybridized carbons (Fsp3) is 0.714. The van der Waals surface area contributed by atoms with Gasteiger partial charge in [-0.3, -0.25) is 4.79 Å². The summed E-state index contributed by atoms with van der Waals surface area (Å²) in [7, 11) is 0. The SMILES string of the molecule is CCCc1c(N)nc(C(CC)(CC)OCC)[nH]c1=O. The Balaban J connectivity index is 3.30. The molecule has 0 radical (unpaired) electrons. The van der Waals surface area contributed by atoms with Gasteiger partial charge in [0.25, 0.3) is 5.56 Å². The van der Waals surface area contributed by atoms with Crippen molar-refractivity contribution in [2.24, 2.45) is 0 Å². The summed E-state index contributed by atoms with van der Waals surface area (Å²) in [6.07, 6.45) is 3.00. The van der Waals surface area contributed by atoms with Crippen molar-refractivity contribution in [2.45, 2.75) is 59.0 Å². The molecule has 5 nitrogen and oxygen atoms in total. The molecule has 0 aliphatic carbocycles. The number of hydrogen-bond donors (Lipinski definition) is 2. The predicted octanol–water partition coefficient (Wildman–Crippen LogP) is 2.36. The van der Waals surface area contributed by atoms with Gasteiger partial charge in [-0.25, -0.2) is 4.98 Å². The Labute approximate surface area is 114 Å². The van der Waals surface area contributed by atoms with E-state index in [1.807, 2.05) is 27.7 Å². The van der Waals surface area contributed by atoms with Crippen molar-refractivity contribution in [1.82, 2.24) is 9.97 Å². The summed E-state index contributed by atoms with van der Waals surface area (Å²) in [4.78, 5) is 19.3. The van der Waals surface area contributed by atoms with Gasteiger partial charge in [-0.05, 0) is 26.2 Å². The van der Waals surface area contributed by atoms with Crippen LogP contribution in [0, 0.1) is 0 Å². The fourth-order valence-electron chi connectivity index (χ4n) is 2.36. The minimum Gasteiger partial charge on any atom is -0.383 e. The lowest BCUT2D eigenvalue weighted by molar-refractivity contribution is -0.0572. The first kappa shape index (κ1) is 15.7. The summed E-state index contributed by atoms with van der Waals surface area (Å²) < 4.78 is 5.84. The Morgan fingerprint density at radius 3 is 2.32 bits per heavy atom. The third-order valence-electron chi connectivity index (χ3n) is 3.54. The summed E-state index contributed by atoms with van der Waals surface area (Å²) in [5.74, 6) is 0.869. The highest BCUT2D eigenvalue weighted by Gasteiger charge is 2.32. The minimum atomic E-state index is -0.549. The van der Waals surface area contributed by atoms with Gasteiger partial charge in [0.15, 0.2) is 0 Å². The van der Waals surface area contributed by atoms with Gasteiger partial charge in [-0.15, -0.1) is 0 Å². The maximum Gasteiger partial charge on any atom is 0.256 e. The summed E-state index contributed by atoms with van der Waals surface area (Å²) in [5.41, 5.74) is 5.80. The van der Waals surface area contributed by atoms with Crippen LogP contribution in [0.2, 0.25) is 0 Å². The van der Waals surface area contributed by atoms with E-state index >= 15 is 0 Å². The Hall–Kier alpha value is -1.36. The molecule has 0 aromatic carbocycles. The lowest BCUT2D eigenvalue weighted by atomic mass is 9.95. The number of nitrogens with two attached hydrogens (primary N) is 1. The van der Waals surface area contributed by atoms with Crippen LogP contribution in [-0.4, -0.2) is 16.6 Å². The number of anilines is 1. The number of rotatable bonds is 7. The number of ether oxygens (including phenoxy) is 1. The summed E-state index contributed by atoms with van der Waals surface area (Å²) in [6, 6.07) is 0. The lowest BCUT2D eigenvalue weighted by Gasteiger charge is -2.30. The zero-order valence-electron chi connectivity index (χ0n) is 12.4. The fourth-order valence-corrected chi connectivity index (χ4v) is 2.36. The molecule has 1 heterocycles. The van der Waals surface area contributed by atoms with Crippen molar-refractivity contribution in [3.05, 3.63) is 21.7 Å². The smallest absolute Gasteiger partial charge is 0.256 e. The average Bonchev–Trinajstić information content (AvgIpc) is 2.40. The Morgan fingerprint density at radius 1 is 1.26 bits per heavy atom. The Bertz CT molecular complexity index is 464. The van der Waals surface area contributed by atoms with Crippen molar-refractivity contribution >= 4 is 5.82 Å². The number of nitrogen functional groups attached to an aromatic ring is 1. The maximum atomic E-state index is 12.1. The second-order valence-electron chi connectivity index (χ2n) is 4.66. The van der Waals surface area contributed by atoms with Crippen molar-refractivity contribution in [2.75, 3.05) is 12.3 Å². The molecule has 0 bridgehead atoms. The molecule has 0 fully saturated rings. The number of H-pyrrole nitrogens is 1. The third kappa shape index (κ3) is 3.15. The second-order valence-corrected chi connectivity index (χ2v) is 4.66. The molecule has 1 aromatic heterocycles. The highest BCUT2D eigenvalue weighted by molar-refractivity contribution is 5.38. The molecule has 1 rings (SSSR count). The second kappa shape index (κ2) is 6.70. The van der Waals surface area contributed by atoms with Gasteiger partial charge in [0.2, 0.25) is 0 Å². The largest absolute Gasteiger partial charge is 0.383 e. The zero-order chi connectivity index (χ0) is 14.5. The Kier molecular flexibility index (Phi) is 5.54. The van der Waals surface area contributed by atoms with Crippen molar-refractivity contribution in [3.8, 4) is 0 Å². The molecule has 1 aromatic rings. The van der Waals surface area contributed by atoms with E-state index in [1.165, 1.54) is 0 Å².